The van der Waals surface area contributed by atoms with Crippen LogP contribution in [-0.2, 0) is 10.0 Å². The van der Waals surface area contributed by atoms with E-state index in [4.69, 9.17) is 10.00 Å². The third-order valence-corrected chi connectivity index (χ3v) is 5.96. The second-order valence-corrected chi connectivity index (χ2v) is 7.64. The average molecular weight is 361 g/mol. The highest BCUT2D eigenvalue weighted by molar-refractivity contribution is 7.89. The van der Waals surface area contributed by atoms with Gasteiger partial charge in [0.25, 0.3) is 0 Å². The van der Waals surface area contributed by atoms with Crippen molar-refractivity contribution in [1.82, 2.24) is 9.29 Å². The van der Waals surface area contributed by atoms with Crippen molar-refractivity contribution in [3.05, 3.63) is 53.6 Å². The third-order valence-electron chi connectivity index (χ3n) is 4.04. The van der Waals surface area contributed by atoms with E-state index in [1.807, 2.05) is 6.92 Å². The number of hydrogen-bond acceptors (Lipinski definition) is 5. The van der Waals surface area contributed by atoms with Crippen LogP contribution in [-0.4, -0.2) is 36.9 Å². The van der Waals surface area contributed by atoms with E-state index in [-0.39, 0.29) is 29.7 Å². The largest absolute Gasteiger partial charge is 0.487 e. The van der Waals surface area contributed by atoms with E-state index in [1.165, 1.54) is 4.31 Å². The number of sulfonamides is 1. The normalized spacial score (nSPS) is 18.0. The fourth-order valence-corrected chi connectivity index (χ4v) is 4.35. The zero-order chi connectivity index (χ0) is 18.0. The molecule has 0 unspecified atom stereocenters. The van der Waals surface area contributed by atoms with Gasteiger partial charge >= 0.3 is 0 Å². The molecular formula is C17H16FN3O3S. The highest BCUT2D eigenvalue weighted by atomic mass is 32.2. The molecule has 1 aliphatic rings. The van der Waals surface area contributed by atoms with Gasteiger partial charge in [-0.2, -0.15) is 9.57 Å². The van der Waals surface area contributed by atoms with E-state index >= 15 is 0 Å². The lowest BCUT2D eigenvalue weighted by Crippen LogP contribution is -2.31. The van der Waals surface area contributed by atoms with Crippen molar-refractivity contribution in [2.45, 2.75) is 24.3 Å². The molecule has 1 aromatic carbocycles. The first-order valence-corrected chi connectivity index (χ1v) is 9.14. The molecule has 0 aliphatic carbocycles. The zero-order valence-corrected chi connectivity index (χ0v) is 14.3. The molecule has 0 radical (unpaired) electrons. The summed E-state index contributed by atoms with van der Waals surface area (Å²) in [7, 11) is -3.88. The first-order valence-electron chi connectivity index (χ1n) is 7.70. The first kappa shape index (κ1) is 17.3. The summed E-state index contributed by atoms with van der Waals surface area (Å²) in [6.07, 6.45) is 1.88. The van der Waals surface area contributed by atoms with Crippen LogP contribution < -0.4 is 4.74 Å². The van der Waals surface area contributed by atoms with Crippen LogP contribution in [0, 0.1) is 24.1 Å². The number of nitrogens with zero attached hydrogens (tertiary/aromatic N) is 3. The van der Waals surface area contributed by atoms with Crippen molar-refractivity contribution in [3.63, 3.8) is 0 Å². The molecule has 0 amide bonds. The van der Waals surface area contributed by atoms with E-state index in [2.05, 4.69) is 4.98 Å². The Morgan fingerprint density at radius 2 is 2.20 bits per heavy atom. The van der Waals surface area contributed by atoms with E-state index in [0.29, 0.717) is 12.2 Å². The lowest BCUT2D eigenvalue weighted by molar-refractivity contribution is 0.213. The standard InChI is InChI=1S/C17H16FN3O3S/c1-12-16(3-2-7-20-12)24-15-6-8-21(11-15)25(22,23)17-5-4-14(18)9-13(17)10-19/h2-5,7,9,15H,6,8,11H2,1H3/t15-/m0/s1. The number of nitriles is 1. The van der Waals surface area contributed by atoms with Crippen LogP contribution in [0.2, 0.25) is 0 Å². The Kier molecular flexibility index (Phi) is 4.70. The van der Waals surface area contributed by atoms with Gasteiger partial charge in [-0.3, -0.25) is 4.98 Å². The summed E-state index contributed by atoms with van der Waals surface area (Å²) in [5.41, 5.74) is 0.529. The minimum absolute atomic E-state index is 0.166. The van der Waals surface area contributed by atoms with Gasteiger partial charge in [-0.15, -0.1) is 0 Å². The Balaban J connectivity index is 1.80. The maximum absolute atomic E-state index is 13.3. The molecule has 2 heterocycles. The molecule has 3 rings (SSSR count). The monoisotopic (exact) mass is 361 g/mol. The molecule has 1 saturated heterocycles. The summed E-state index contributed by atoms with van der Waals surface area (Å²) < 4.78 is 45.9. The summed E-state index contributed by atoms with van der Waals surface area (Å²) >= 11 is 0. The van der Waals surface area contributed by atoms with Crippen LogP contribution in [0.25, 0.3) is 0 Å². The maximum atomic E-state index is 13.3. The van der Waals surface area contributed by atoms with Gasteiger partial charge < -0.3 is 4.74 Å². The Morgan fingerprint density at radius 3 is 2.92 bits per heavy atom. The van der Waals surface area contributed by atoms with Gasteiger partial charge in [0.05, 0.1) is 17.8 Å². The van der Waals surface area contributed by atoms with Crippen LogP contribution in [0.3, 0.4) is 0 Å². The molecule has 8 heteroatoms. The number of hydrogen-bond donors (Lipinski definition) is 0. The average Bonchev–Trinajstić information content (AvgIpc) is 3.06. The molecule has 1 fully saturated rings. The quantitative estimate of drug-likeness (QED) is 0.834. The summed E-state index contributed by atoms with van der Waals surface area (Å²) in [5.74, 6) is -0.0311. The summed E-state index contributed by atoms with van der Waals surface area (Å²) in [5, 5.41) is 9.10. The Hall–Kier alpha value is -2.50. The number of halogens is 1. The number of rotatable bonds is 4. The van der Waals surface area contributed by atoms with Gasteiger partial charge in [0.15, 0.2) is 0 Å². The SMILES string of the molecule is Cc1ncccc1O[C@H]1CCN(S(=O)(=O)c2ccc(F)cc2C#N)C1. The highest BCUT2D eigenvalue weighted by Crippen LogP contribution is 2.27. The number of aromatic nitrogens is 1. The summed E-state index contributed by atoms with van der Waals surface area (Å²) in [6, 6.07) is 8.37. The van der Waals surface area contributed by atoms with Gasteiger partial charge in [-0.25, -0.2) is 12.8 Å². The highest BCUT2D eigenvalue weighted by Gasteiger charge is 2.35. The van der Waals surface area contributed by atoms with E-state index in [1.54, 1.807) is 24.4 Å². The second kappa shape index (κ2) is 6.78. The third kappa shape index (κ3) is 3.48. The smallest absolute Gasteiger partial charge is 0.244 e. The van der Waals surface area contributed by atoms with Gasteiger partial charge in [0, 0.05) is 12.7 Å². The molecule has 130 valence electrons. The van der Waals surface area contributed by atoms with Crippen LogP contribution >= 0.6 is 0 Å². The molecular weight excluding hydrogens is 345 g/mol. The van der Waals surface area contributed by atoms with Crippen molar-refractivity contribution >= 4 is 10.0 Å². The maximum Gasteiger partial charge on any atom is 0.244 e. The van der Waals surface area contributed by atoms with E-state index < -0.39 is 15.8 Å². The molecule has 1 atom stereocenters. The lowest BCUT2D eigenvalue weighted by Gasteiger charge is -2.18. The van der Waals surface area contributed by atoms with E-state index in [0.717, 1.165) is 23.9 Å². The Bertz CT molecular complexity index is 940. The van der Waals surface area contributed by atoms with Gasteiger partial charge in [-0.05, 0) is 43.7 Å². The minimum Gasteiger partial charge on any atom is -0.487 e. The van der Waals surface area contributed by atoms with Crippen molar-refractivity contribution < 1.29 is 17.5 Å². The Labute approximate surface area is 145 Å². The lowest BCUT2D eigenvalue weighted by atomic mass is 10.2. The molecule has 25 heavy (non-hydrogen) atoms. The molecule has 0 saturated carbocycles. The van der Waals surface area contributed by atoms with Crippen molar-refractivity contribution in [2.24, 2.45) is 0 Å². The number of aryl methyl sites for hydroxylation is 1. The van der Waals surface area contributed by atoms with Gasteiger partial charge in [0.1, 0.15) is 28.6 Å². The summed E-state index contributed by atoms with van der Waals surface area (Å²) in [4.78, 5) is 3.95. The van der Waals surface area contributed by atoms with Crippen LogP contribution in [0.5, 0.6) is 5.75 Å². The first-order chi connectivity index (χ1) is 11.9. The topological polar surface area (TPSA) is 83.3 Å². The van der Waals surface area contributed by atoms with Crippen molar-refractivity contribution in [2.75, 3.05) is 13.1 Å². The molecule has 2 aromatic rings. The van der Waals surface area contributed by atoms with Gasteiger partial charge in [-0.1, -0.05) is 0 Å². The van der Waals surface area contributed by atoms with Crippen LogP contribution in [0.1, 0.15) is 17.7 Å². The fourth-order valence-electron chi connectivity index (χ4n) is 2.74. The molecule has 0 spiro atoms. The number of pyridine rings is 1. The minimum atomic E-state index is -3.88. The summed E-state index contributed by atoms with van der Waals surface area (Å²) in [6.45, 7) is 2.25. The van der Waals surface area contributed by atoms with E-state index in [9.17, 15) is 12.8 Å². The molecule has 6 nitrogen and oxygen atoms in total. The molecule has 1 aromatic heterocycles. The zero-order valence-electron chi connectivity index (χ0n) is 13.5. The van der Waals surface area contributed by atoms with Crippen molar-refractivity contribution in [1.29, 1.82) is 5.26 Å². The number of ether oxygens (including phenoxy) is 1. The molecule has 0 bridgehead atoms. The Morgan fingerprint density at radius 1 is 1.40 bits per heavy atom. The van der Waals surface area contributed by atoms with Crippen LogP contribution in [0.4, 0.5) is 4.39 Å². The molecule has 1 aliphatic heterocycles. The molecule has 0 N–H and O–H groups in total. The predicted molar refractivity (Wildman–Crippen MR) is 87.9 cm³/mol. The number of benzene rings is 1. The van der Waals surface area contributed by atoms with Gasteiger partial charge in [0.2, 0.25) is 10.0 Å². The second-order valence-electron chi connectivity index (χ2n) is 5.73. The van der Waals surface area contributed by atoms with Crippen LogP contribution in [0.15, 0.2) is 41.4 Å². The van der Waals surface area contributed by atoms with Crippen molar-refractivity contribution in [3.8, 4) is 11.8 Å². The predicted octanol–water partition coefficient (Wildman–Crippen LogP) is 2.24. The fraction of sp³-hybridized carbons (Fsp3) is 0.294.